The fourth-order valence-electron chi connectivity index (χ4n) is 3.10. The zero-order valence-corrected chi connectivity index (χ0v) is 16.7. The second kappa shape index (κ2) is 8.39. The number of ether oxygens (including phenoxy) is 1. The smallest absolute Gasteiger partial charge is 0.259 e. The maximum Gasteiger partial charge on any atom is 0.259 e. The van der Waals surface area contributed by atoms with Crippen molar-refractivity contribution in [2.45, 2.75) is 0 Å². The number of pyridine rings is 2. The van der Waals surface area contributed by atoms with E-state index in [4.69, 9.17) is 4.74 Å². The molecule has 0 spiro atoms. The number of halogens is 1. The number of carbonyl (C=O) groups is 1. The molecule has 6 nitrogen and oxygen atoms in total. The number of carbonyl (C=O) groups excluding carboxylic acids is 1. The van der Waals surface area contributed by atoms with Crippen LogP contribution in [0.1, 0.15) is 10.4 Å². The van der Waals surface area contributed by atoms with E-state index < -0.39 is 0 Å². The van der Waals surface area contributed by atoms with E-state index in [1.807, 2.05) is 47.4 Å². The molecular weight excluding hydrogens is 420 g/mol. The molecule has 0 N–H and O–H groups in total. The number of amides is 1. The standard InChI is InChI=1S/C21H19BrN4O2/c22-16-6-8-17(9-7-16)28-20-18(4-3-11-24-20)21(27)26-14-12-25(13-15-26)19-5-1-2-10-23-19/h1-11H,12-15H2. The highest BCUT2D eigenvalue weighted by Crippen LogP contribution is 2.26. The van der Waals surface area contributed by atoms with Crippen molar-refractivity contribution in [3.8, 4) is 11.6 Å². The van der Waals surface area contributed by atoms with E-state index in [1.165, 1.54) is 0 Å². The van der Waals surface area contributed by atoms with Crippen LogP contribution in [0.25, 0.3) is 0 Å². The van der Waals surface area contributed by atoms with Gasteiger partial charge in [-0.3, -0.25) is 4.79 Å². The van der Waals surface area contributed by atoms with Crippen molar-refractivity contribution in [2.24, 2.45) is 0 Å². The Morgan fingerprint density at radius 3 is 2.36 bits per heavy atom. The Morgan fingerprint density at radius 1 is 0.893 bits per heavy atom. The minimum Gasteiger partial charge on any atom is -0.438 e. The third-order valence-electron chi connectivity index (χ3n) is 4.57. The van der Waals surface area contributed by atoms with Crippen LogP contribution in [0.3, 0.4) is 0 Å². The van der Waals surface area contributed by atoms with E-state index in [0.717, 1.165) is 23.4 Å². The summed E-state index contributed by atoms with van der Waals surface area (Å²) in [5.74, 6) is 1.83. The van der Waals surface area contributed by atoms with Crippen LogP contribution in [-0.2, 0) is 0 Å². The van der Waals surface area contributed by atoms with Gasteiger partial charge in [0.05, 0.1) is 0 Å². The monoisotopic (exact) mass is 438 g/mol. The SMILES string of the molecule is O=C(c1cccnc1Oc1ccc(Br)cc1)N1CCN(c2ccccn2)CC1. The second-order valence-corrected chi connectivity index (χ2v) is 7.29. The highest BCUT2D eigenvalue weighted by Gasteiger charge is 2.25. The van der Waals surface area contributed by atoms with Crippen LogP contribution in [0.15, 0.2) is 71.5 Å². The van der Waals surface area contributed by atoms with Gasteiger partial charge in [-0.1, -0.05) is 22.0 Å². The van der Waals surface area contributed by atoms with Gasteiger partial charge in [-0.15, -0.1) is 0 Å². The van der Waals surface area contributed by atoms with Crippen LogP contribution in [0, 0.1) is 0 Å². The summed E-state index contributed by atoms with van der Waals surface area (Å²) < 4.78 is 6.83. The number of benzene rings is 1. The summed E-state index contributed by atoms with van der Waals surface area (Å²) in [5, 5.41) is 0. The number of piperazine rings is 1. The van der Waals surface area contributed by atoms with E-state index in [9.17, 15) is 4.79 Å². The fourth-order valence-corrected chi connectivity index (χ4v) is 3.36. The quantitative estimate of drug-likeness (QED) is 0.616. The molecule has 1 fully saturated rings. The van der Waals surface area contributed by atoms with Crippen LogP contribution in [0.5, 0.6) is 11.6 Å². The predicted molar refractivity (Wildman–Crippen MR) is 111 cm³/mol. The van der Waals surface area contributed by atoms with Gasteiger partial charge in [-0.25, -0.2) is 9.97 Å². The lowest BCUT2D eigenvalue weighted by Crippen LogP contribution is -2.49. The number of hydrogen-bond donors (Lipinski definition) is 0. The number of nitrogens with zero attached hydrogens (tertiary/aromatic N) is 4. The molecule has 1 saturated heterocycles. The predicted octanol–water partition coefficient (Wildman–Crippen LogP) is 3.99. The molecule has 142 valence electrons. The molecule has 0 radical (unpaired) electrons. The van der Waals surface area contributed by atoms with E-state index in [2.05, 4.69) is 30.8 Å². The first-order chi connectivity index (χ1) is 13.7. The van der Waals surface area contributed by atoms with Gasteiger partial charge in [0.25, 0.3) is 5.91 Å². The van der Waals surface area contributed by atoms with Crippen molar-refractivity contribution in [1.82, 2.24) is 14.9 Å². The topological polar surface area (TPSA) is 58.6 Å². The molecule has 0 saturated carbocycles. The molecule has 28 heavy (non-hydrogen) atoms. The number of hydrogen-bond acceptors (Lipinski definition) is 5. The molecule has 7 heteroatoms. The number of rotatable bonds is 4. The first-order valence-corrected chi connectivity index (χ1v) is 9.84. The molecule has 2 aromatic heterocycles. The van der Waals surface area contributed by atoms with E-state index in [-0.39, 0.29) is 5.91 Å². The van der Waals surface area contributed by atoms with Gasteiger partial charge in [0.2, 0.25) is 5.88 Å². The van der Waals surface area contributed by atoms with Crippen molar-refractivity contribution >= 4 is 27.7 Å². The van der Waals surface area contributed by atoms with Gasteiger partial charge < -0.3 is 14.5 Å². The summed E-state index contributed by atoms with van der Waals surface area (Å²) in [6.45, 7) is 2.74. The van der Waals surface area contributed by atoms with Crippen molar-refractivity contribution in [2.75, 3.05) is 31.1 Å². The molecule has 3 aromatic rings. The largest absolute Gasteiger partial charge is 0.438 e. The first-order valence-electron chi connectivity index (χ1n) is 9.04. The van der Waals surface area contributed by atoms with Crippen molar-refractivity contribution in [1.29, 1.82) is 0 Å². The summed E-state index contributed by atoms with van der Waals surface area (Å²) in [4.78, 5) is 25.8. The Bertz CT molecular complexity index is 942. The van der Waals surface area contributed by atoms with Gasteiger partial charge in [-0.05, 0) is 48.5 Å². The molecule has 0 bridgehead atoms. The van der Waals surface area contributed by atoms with E-state index >= 15 is 0 Å². The molecule has 0 atom stereocenters. The lowest BCUT2D eigenvalue weighted by Gasteiger charge is -2.35. The summed E-state index contributed by atoms with van der Waals surface area (Å²) in [5.41, 5.74) is 0.469. The van der Waals surface area contributed by atoms with E-state index in [1.54, 1.807) is 24.5 Å². The van der Waals surface area contributed by atoms with Crippen LogP contribution >= 0.6 is 15.9 Å². The molecule has 3 heterocycles. The molecule has 1 aromatic carbocycles. The molecule has 1 aliphatic rings. The average Bonchev–Trinajstić information content (AvgIpc) is 2.76. The van der Waals surface area contributed by atoms with Crippen molar-refractivity contribution < 1.29 is 9.53 Å². The summed E-state index contributed by atoms with van der Waals surface area (Å²) in [7, 11) is 0. The van der Waals surface area contributed by atoms with Crippen LogP contribution < -0.4 is 9.64 Å². The van der Waals surface area contributed by atoms with Crippen molar-refractivity contribution in [3.63, 3.8) is 0 Å². The normalized spacial score (nSPS) is 14.0. The molecular formula is C21H19BrN4O2. The third kappa shape index (κ3) is 4.14. The summed E-state index contributed by atoms with van der Waals surface area (Å²) >= 11 is 3.40. The average molecular weight is 439 g/mol. The maximum absolute atomic E-state index is 13.1. The van der Waals surface area contributed by atoms with E-state index in [0.29, 0.717) is 30.3 Å². The third-order valence-corrected chi connectivity index (χ3v) is 5.10. The fraction of sp³-hybridized carbons (Fsp3) is 0.190. The highest BCUT2D eigenvalue weighted by atomic mass is 79.9. The Labute approximate surface area is 171 Å². The van der Waals surface area contributed by atoms with Crippen LogP contribution in [0.4, 0.5) is 5.82 Å². The maximum atomic E-state index is 13.1. The minimum atomic E-state index is -0.0686. The molecule has 1 amide bonds. The molecule has 4 rings (SSSR count). The van der Waals surface area contributed by atoms with Crippen LogP contribution in [0.2, 0.25) is 0 Å². The molecule has 1 aliphatic heterocycles. The molecule has 0 aliphatic carbocycles. The zero-order chi connectivity index (χ0) is 19.3. The van der Waals surface area contributed by atoms with Crippen molar-refractivity contribution in [3.05, 3.63) is 77.0 Å². The Hall–Kier alpha value is -2.93. The van der Waals surface area contributed by atoms with Gasteiger partial charge in [0, 0.05) is 43.0 Å². The molecule has 0 unspecified atom stereocenters. The summed E-state index contributed by atoms with van der Waals surface area (Å²) in [6, 6.07) is 16.8. The number of aromatic nitrogens is 2. The minimum absolute atomic E-state index is 0.0686. The van der Waals surface area contributed by atoms with Gasteiger partial charge in [-0.2, -0.15) is 0 Å². The first kappa shape index (κ1) is 18.4. The van der Waals surface area contributed by atoms with Gasteiger partial charge in [0.15, 0.2) is 0 Å². The Balaban J connectivity index is 1.46. The van der Waals surface area contributed by atoms with Gasteiger partial charge in [0.1, 0.15) is 17.1 Å². The second-order valence-electron chi connectivity index (χ2n) is 6.38. The lowest BCUT2D eigenvalue weighted by molar-refractivity contribution is 0.0743. The highest BCUT2D eigenvalue weighted by molar-refractivity contribution is 9.10. The lowest BCUT2D eigenvalue weighted by atomic mass is 10.2. The van der Waals surface area contributed by atoms with Gasteiger partial charge >= 0.3 is 0 Å². The Morgan fingerprint density at radius 2 is 1.64 bits per heavy atom. The Kier molecular flexibility index (Phi) is 5.53. The zero-order valence-electron chi connectivity index (χ0n) is 15.2. The van der Waals surface area contributed by atoms with Crippen LogP contribution in [-0.4, -0.2) is 47.0 Å². The summed E-state index contributed by atoms with van der Waals surface area (Å²) in [6.07, 6.45) is 3.41. The number of anilines is 1.